The van der Waals surface area contributed by atoms with Crippen LogP contribution < -0.4 is 5.56 Å². The van der Waals surface area contributed by atoms with Crippen molar-refractivity contribution in [3.8, 4) is 0 Å². The fraction of sp³-hybridized carbons (Fsp3) is 0.333. The molecule has 0 bridgehead atoms. The summed E-state index contributed by atoms with van der Waals surface area (Å²) in [5.41, 5.74) is 0.886. The first-order valence-corrected chi connectivity index (χ1v) is 6.68. The van der Waals surface area contributed by atoms with Crippen molar-refractivity contribution in [2.24, 2.45) is 0 Å². The maximum absolute atomic E-state index is 12.6. The average molecular weight is 272 g/mol. The SMILES string of the molecule is C[C@H]1CN(C(=O)c2cc(=O)[nH]c3ccccc23)CCO1. The normalized spacial score (nSPS) is 19.2. The van der Waals surface area contributed by atoms with Crippen LogP contribution in [0.15, 0.2) is 35.1 Å². The van der Waals surface area contributed by atoms with Crippen LogP contribution in [-0.4, -0.2) is 41.6 Å². The molecular formula is C15H16N2O3. The molecule has 5 nitrogen and oxygen atoms in total. The molecule has 0 saturated carbocycles. The Morgan fingerprint density at radius 1 is 1.40 bits per heavy atom. The molecule has 0 aliphatic carbocycles. The van der Waals surface area contributed by atoms with E-state index in [1.165, 1.54) is 6.07 Å². The Morgan fingerprint density at radius 2 is 2.20 bits per heavy atom. The summed E-state index contributed by atoms with van der Waals surface area (Å²) >= 11 is 0. The molecule has 1 fully saturated rings. The van der Waals surface area contributed by atoms with Crippen LogP contribution in [0.3, 0.4) is 0 Å². The van der Waals surface area contributed by atoms with Gasteiger partial charge in [-0.1, -0.05) is 18.2 Å². The zero-order valence-electron chi connectivity index (χ0n) is 11.3. The number of pyridine rings is 1. The summed E-state index contributed by atoms with van der Waals surface area (Å²) in [6, 6.07) is 8.73. The van der Waals surface area contributed by atoms with Gasteiger partial charge < -0.3 is 14.6 Å². The average Bonchev–Trinajstić information content (AvgIpc) is 2.45. The van der Waals surface area contributed by atoms with Crippen LogP contribution in [0, 0.1) is 0 Å². The molecule has 1 aliphatic heterocycles. The van der Waals surface area contributed by atoms with Gasteiger partial charge >= 0.3 is 0 Å². The lowest BCUT2D eigenvalue weighted by Crippen LogP contribution is -2.44. The number of amides is 1. The Hall–Kier alpha value is -2.14. The minimum Gasteiger partial charge on any atom is -0.375 e. The molecule has 0 unspecified atom stereocenters. The van der Waals surface area contributed by atoms with Crippen LogP contribution in [0.2, 0.25) is 0 Å². The molecule has 1 aromatic carbocycles. The fourth-order valence-corrected chi connectivity index (χ4v) is 2.55. The van der Waals surface area contributed by atoms with Crippen LogP contribution in [0.5, 0.6) is 0 Å². The number of carbonyl (C=O) groups excluding carboxylic acids is 1. The molecule has 2 heterocycles. The topological polar surface area (TPSA) is 62.4 Å². The first kappa shape index (κ1) is 12.9. The van der Waals surface area contributed by atoms with E-state index in [1.807, 2.05) is 25.1 Å². The van der Waals surface area contributed by atoms with Gasteiger partial charge in [-0.3, -0.25) is 9.59 Å². The quantitative estimate of drug-likeness (QED) is 0.853. The molecule has 1 atom stereocenters. The van der Waals surface area contributed by atoms with E-state index in [1.54, 1.807) is 11.0 Å². The van der Waals surface area contributed by atoms with Crippen molar-refractivity contribution in [3.63, 3.8) is 0 Å². The van der Waals surface area contributed by atoms with Gasteiger partial charge in [0.05, 0.1) is 18.3 Å². The molecule has 0 radical (unpaired) electrons. The Balaban J connectivity index is 2.05. The number of hydrogen-bond acceptors (Lipinski definition) is 3. The number of nitrogens with one attached hydrogen (secondary N) is 1. The summed E-state index contributed by atoms with van der Waals surface area (Å²) in [6.07, 6.45) is 0.0287. The highest BCUT2D eigenvalue weighted by Gasteiger charge is 2.24. The summed E-state index contributed by atoms with van der Waals surface area (Å²) in [4.78, 5) is 28.8. The van der Waals surface area contributed by atoms with E-state index in [-0.39, 0.29) is 17.6 Å². The molecule has 2 aromatic rings. The summed E-state index contributed by atoms with van der Waals surface area (Å²) in [5, 5.41) is 0.774. The maximum Gasteiger partial charge on any atom is 0.254 e. The second-order valence-electron chi connectivity index (χ2n) is 5.03. The number of morpholine rings is 1. The summed E-state index contributed by atoms with van der Waals surface area (Å²) in [6.45, 7) is 3.59. The van der Waals surface area contributed by atoms with E-state index in [2.05, 4.69) is 4.98 Å². The number of nitrogens with zero attached hydrogens (tertiary/aromatic N) is 1. The Morgan fingerprint density at radius 3 is 3.00 bits per heavy atom. The second-order valence-corrected chi connectivity index (χ2v) is 5.03. The zero-order valence-corrected chi connectivity index (χ0v) is 11.3. The molecule has 20 heavy (non-hydrogen) atoms. The number of hydrogen-bond donors (Lipinski definition) is 1. The minimum atomic E-state index is -0.256. The molecule has 5 heteroatoms. The molecule has 1 saturated heterocycles. The van der Waals surface area contributed by atoms with Gasteiger partial charge in [-0.2, -0.15) is 0 Å². The predicted octanol–water partition coefficient (Wildman–Crippen LogP) is 1.39. The van der Waals surface area contributed by atoms with Gasteiger partial charge in [-0.15, -0.1) is 0 Å². The van der Waals surface area contributed by atoms with E-state index in [0.717, 1.165) is 5.39 Å². The van der Waals surface area contributed by atoms with Gasteiger partial charge in [0.1, 0.15) is 0 Å². The van der Waals surface area contributed by atoms with Crippen LogP contribution in [-0.2, 0) is 4.74 Å². The molecular weight excluding hydrogens is 256 g/mol. The third-order valence-corrected chi connectivity index (χ3v) is 3.51. The number of benzene rings is 1. The first-order chi connectivity index (χ1) is 9.65. The number of aromatic amines is 1. The van der Waals surface area contributed by atoms with E-state index >= 15 is 0 Å². The third-order valence-electron chi connectivity index (χ3n) is 3.51. The van der Waals surface area contributed by atoms with Crippen LogP contribution in [0.4, 0.5) is 0 Å². The Kier molecular flexibility index (Phi) is 3.28. The van der Waals surface area contributed by atoms with Crippen molar-refractivity contribution in [3.05, 3.63) is 46.2 Å². The van der Waals surface area contributed by atoms with Gasteiger partial charge in [-0.05, 0) is 13.0 Å². The number of para-hydroxylation sites is 1. The van der Waals surface area contributed by atoms with Gasteiger partial charge in [0, 0.05) is 30.1 Å². The number of carbonyl (C=O) groups is 1. The maximum atomic E-state index is 12.6. The number of rotatable bonds is 1. The van der Waals surface area contributed by atoms with E-state index in [9.17, 15) is 9.59 Å². The van der Waals surface area contributed by atoms with Crippen LogP contribution in [0.1, 0.15) is 17.3 Å². The standard InChI is InChI=1S/C15H16N2O3/c1-10-9-17(6-7-20-10)15(19)12-8-14(18)16-13-5-3-2-4-11(12)13/h2-5,8,10H,6-7,9H2,1H3,(H,16,18)/t10-/m0/s1. The highest BCUT2D eigenvalue weighted by Crippen LogP contribution is 2.17. The predicted molar refractivity (Wildman–Crippen MR) is 75.9 cm³/mol. The number of aromatic nitrogens is 1. The molecule has 3 rings (SSSR count). The lowest BCUT2D eigenvalue weighted by molar-refractivity contribution is -0.0123. The number of ether oxygens (including phenoxy) is 1. The van der Waals surface area contributed by atoms with Gasteiger partial charge in [-0.25, -0.2) is 0 Å². The Labute approximate surface area is 116 Å². The van der Waals surface area contributed by atoms with Crippen molar-refractivity contribution in [2.45, 2.75) is 13.0 Å². The minimum absolute atomic E-state index is 0.0287. The monoisotopic (exact) mass is 272 g/mol. The van der Waals surface area contributed by atoms with Gasteiger partial charge in [0.2, 0.25) is 5.56 Å². The first-order valence-electron chi connectivity index (χ1n) is 6.68. The smallest absolute Gasteiger partial charge is 0.254 e. The molecule has 1 N–H and O–H groups in total. The molecule has 1 aromatic heterocycles. The summed E-state index contributed by atoms with van der Waals surface area (Å²) < 4.78 is 5.44. The number of fused-ring (bicyclic) bond motifs is 1. The number of H-pyrrole nitrogens is 1. The van der Waals surface area contributed by atoms with Crippen molar-refractivity contribution in [2.75, 3.05) is 19.7 Å². The van der Waals surface area contributed by atoms with Crippen LogP contribution >= 0.6 is 0 Å². The van der Waals surface area contributed by atoms with E-state index < -0.39 is 0 Å². The fourth-order valence-electron chi connectivity index (χ4n) is 2.55. The highest BCUT2D eigenvalue weighted by atomic mass is 16.5. The lowest BCUT2D eigenvalue weighted by atomic mass is 10.1. The third kappa shape index (κ3) is 2.32. The molecule has 0 spiro atoms. The van der Waals surface area contributed by atoms with Crippen molar-refractivity contribution in [1.29, 1.82) is 0 Å². The zero-order chi connectivity index (χ0) is 14.1. The lowest BCUT2D eigenvalue weighted by Gasteiger charge is -2.31. The molecule has 1 aliphatic rings. The van der Waals surface area contributed by atoms with Gasteiger partial charge in [0.25, 0.3) is 5.91 Å². The van der Waals surface area contributed by atoms with E-state index in [0.29, 0.717) is 30.8 Å². The van der Waals surface area contributed by atoms with E-state index in [4.69, 9.17) is 4.74 Å². The summed E-state index contributed by atoms with van der Waals surface area (Å²) in [5.74, 6) is -0.109. The van der Waals surface area contributed by atoms with Crippen molar-refractivity contribution >= 4 is 16.8 Å². The van der Waals surface area contributed by atoms with Crippen molar-refractivity contribution < 1.29 is 9.53 Å². The van der Waals surface area contributed by atoms with Gasteiger partial charge in [0.15, 0.2) is 0 Å². The van der Waals surface area contributed by atoms with Crippen molar-refractivity contribution in [1.82, 2.24) is 9.88 Å². The molecule has 104 valence electrons. The molecule has 1 amide bonds. The largest absolute Gasteiger partial charge is 0.375 e. The second kappa shape index (κ2) is 5.09. The highest BCUT2D eigenvalue weighted by molar-refractivity contribution is 6.05. The Bertz CT molecular complexity index is 708. The summed E-state index contributed by atoms with van der Waals surface area (Å²) in [7, 11) is 0. The van der Waals surface area contributed by atoms with Crippen LogP contribution in [0.25, 0.3) is 10.9 Å².